The number of benzene rings is 1. The van der Waals surface area contributed by atoms with Gasteiger partial charge in [0.05, 0.1) is 6.61 Å². The Labute approximate surface area is 136 Å². The molecule has 1 aromatic carbocycles. The highest BCUT2D eigenvalue weighted by atomic mass is 35.5. The van der Waals surface area contributed by atoms with Gasteiger partial charge in [0, 0.05) is 16.4 Å². The molecule has 1 heterocycles. The zero-order valence-corrected chi connectivity index (χ0v) is 14.4. The van der Waals surface area contributed by atoms with Gasteiger partial charge in [-0.1, -0.05) is 11.6 Å². The summed E-state index contributed by atoms with van der Waals surface area (Å²) >= 11 is 7.31. The van der Waals surface area contributed by atoms with Crippen molar-refractivity contribution in [2.75, 3.05) is 13.3 Å². The first-order chi connectivity index (χ1) is 10.3. The van der Waals surface area contributed by atoms with E-state index < -0.39 is 24.8 Å². The van der Waals surface area contributed by atoms with Gasteiger partial charge >= 0.3 is 5.97 Å². The largest absolute Gasteiger partial charge is 0.475 e. The molecule has 0 aliphatic heterocycles. The SMILES string of the molecule is CCOP(C)(=O)C(C(=O)C(=O)O)c1csc2ccc(Cl)cc12. The lowest BCUT2D eigenvalue weighted by Crippen LogP contribution is -2.22. The maximum absolute atomic E-state index is 12.8. The van der Waals surface area contributed by atoms with E-state index in [1.807, 2.05) is 0 Å². The van der Waals surface area contributed by atoms with Gasteiger partial charge in [0.2, 0.25) is 7.37 Å². The van der Waals surface area contributed by atoms with Crippen LogP contribution >= 0.6 is 30.3 Å². The molecule has 0 spiro atoms. The van der Waals surface area contributed by atoms with E-state index in [4.69, 9.17) is 21.2 Å². The number of carbonyl (C=O) groups is 2. The first-order valence-electron chi connectivity index (χ1n) is 6.43. The number of thiophene rings is 1. The summed E-state index contributed by atoms with van der Waals surface area (Å²) in [4.78, 5) is 23.3. The van der Waals surface area contributed by atoms with Gasteiger partial charge in [0.15, 0.2) is 0 Å². The number of halogens is 1. The summed E-state index contributed by atoms with van der Waals surface area (Å²) in [5, 5.41) is 11.8. The smallest absolute Gasteiger partial charge is 0.373 e. The molecule has 1 N–H and O–H groups in total. The number of ketones is 1. The summed E-state index contributed by atoms with van der Waals surface area (Å²) in [6, 6.07) is 5.11. The molecule has 0 fully saturated rings. The summed E-state index contributed by atoms with van der Waals surface area (Å²) in [6.07, 6.45) is 0. The van der Waals surface area contributed by atoms with Gasteiger partial charge < -0.3 is 9.63 Å². The van der Waals surface area contributed by atoms with Gasteiger partial charge in [0.25, 0.3) is 5.78 Å². The summed E-state index contributed by atoms with van der Waals surface area (Å²) < 4.78 is 18.8. The molecule has 0 bridgehead atoms. The van der Waals surface area contributed by atoms with E-state index >= 15 is 0 Å². The maximum atomic E-state index is 12.8. The first kappa shape index (κ1) is 17.2. The lowest BCUT2D eigenvalue weighted by molar-refractivity contribution is -0.149. The third-order valence-corrected chi connectivity index (χ3v) is 6.61. The fraction of sp³-hybridized carbons (Fsp3) is 0.286. The molecule has 22 heavy (non-hydrogen) atoms. The average molecular weight is 361 g/mol. The van der Waals surface area contributed by atoms with E-state index in [9.17, 15) is 14.2 Å². The number of hydrogen-bond donors (Lipinski definition) is 1. The lowest BCUT2D eigenvalue weighted by Gasteiger charge is -2.21. The van der Waals surface area contributed by atoms with Gasteiger partial charge in [-0.3, -0.25) is 9.36 Å². The monoisotopic (exact) mass is 360 g/mol. The van der Waals surface area contributed by atoms with E-state index in [1.165, 1.54) is 18.0 Å². The minimum absolute atomic E-state index is 0.125. The van der Waals surface area contributed by atoms with Crippen LogP contribution in [0.4, 0.5) is 0 Å². The quantitative estimate of drug-likeness (QED) is 0.617. The number of carboxylic acid groups (broad SMARTS) is 1. The molecule has 0 aliphatic rings. The molecule has 5 nitrogen and oxygen atoms in total. The van der Waals surface area contributed by atoms with Gasteiger partial charge in [0.1, 0.15) is 5.66 Å². The highest BCUT2D eigenvalue weighted by Crippen LogP contribution is 2.59. The lowest BCUT2D eigenvalue weighted by atomic mass is 10.1. The molecule has 2 atom stereocenters. The van der Waals surface area contributed by atoms with Crippen LogP contribution in [0.25, 0.3) is 10.1 Å². The molecular weight excluding hydrogens is 347 g/mol. The van der Waals surface area contributed by atoms with Crippen molar-refractivity contribution in [1.82, 2.24) is 0 Å². The number of hydrogen-bond acceptors (Lipinski definition) is 5. The number of aliphatic carboxylic acids is 1. The predicted octanol–water partition coefficient (Wildman–Crippen LogP) is 4.19. The summed E-state index contributed by atoms with van der Waals surface area (Å²) in [7, 11) is -3.49. The van der Waals surface area contributed by atoms with E-state index in [-0.39, 0.29) is 6.61 Å². The first-order valence-corrected chi connectivity index (χ1v) is 9.83. The summed E-state index contributed by atoms with van der Waals surface area (Å²) in [6.45, 7) is 3.05. The molecule has 8 heteroatoms. The van der Waals surface area contributed by atoms with Crippen molar-refractivity contribution in [3.05, 3.63) is 34.2 Å². The molecule has 0 amide bonds. The Morgan fingerprint density at radius 3 is 2.73 bits per heavy atom. The molecule has 1 aromatic heterocycles. The standard InChI is InChI=1S/C14H14ClO5PS/c1-3-20-21(2,19)13(12(16)14(17)18)10-7-22-11-5-4-8(15)6-9(10)11/h4-7,13H,3H2,1-2H3,(H,17,18). The minimum Gasteiger partial charge on any atom is -0.475 e. The van der Waals surface area contributed by atoms with Gasteiger partial charge in [-0.2, -0.15) is 0 Å². The van der Waals surface area contributed by atoms with Crippen molar-refractivity contribution in [3.63, 3.8) is 0 Å². The maximum Gasteiger partial charge on any atom is 0.373 e. The number of rotatable bonds is 6. The van der Waals surface area contributed by atoms with Crippen LogP contribution in [0.1, 0.15) is 18.1 Å². The van der Waals surface area contributed by atoms with Crippen molar-refractivity contribution in [3.8, 4) is 0 Å². The van der Waals surface area contributed by atoms with Gasteiger partial charge in [-0.05, 0) is 41.5 Å². The molecule has 2 rings (SSSR count). The van der Waals surface area contributed by atoms with E-state index in [2.05, 4.69) is 0 Å². The van der Waals surface area contributed by atoms with Crippen LogP contribution in [-0.2, 0) is 18.7 Å². The Hall–Kier alpha value is -1.20. The Balaban J connectivity index is 2.66. The zero-order chi connectivity index (χ0) is 16.5. The van der Waals surface area contributed by atoms with E-state index in [0.717, 1.165) is 4.70 Å². The summed E-state index contributed by atoms with van der Waals surface area (Å²) in [5.41, 5.74) is -0.952. The van der Waals surface area contributed by atoms with E-state index in [1.54, 1.807) is 30.5 Å². The van der Waals surface area contributed by atoms with Crippen LogP contribution in [0, 0.1) is 0 Å². The molecule has 0 saturated carbocycles. The third kappa shape index (κ3) is 3.25. The van der Waals surface area contributed by atoms with Crippen LogP contribution in [0.5, 0.6) is 0 Å². The van der Waals surface area contributed by atoms with E-state index in [0.29, 0.717) is 16.0 Å². The molecular formula is C14H14ClO5PS. The Morgan fingerprint density at radius 1 is 1.45 bits per heavy atom. The highest BCUT2D eigenvalue weighted by molar-refractivity contribution is 7.59. The topological polar surface area (TPSA) is 80.7 Å². The second kappa shape index (κ2) is 6.50. The van der Waals surface area contributed by atoms with Crippen molar-refractivity contribution in [1.29, 1.82) is 0 Å². The predicted molar refractivity (Wildman–Crippen MR) is 87.4 cm³/mol. The molecule has 0 radical (unpaired) electrons. The number of carboxylic acids is 1. The van der Waals surface area contributed by atoms with Gasteiger partial charge in [-0.25, -0.2) is 4.79 Å². The molecule has 2 unspecified atom stereocenters. The van der Waals surface area contributed by atoms with Crippen molar-refractivity contribution in [2.24, 2.45) is 0 Å². The minimum atomic E-state index is -3.49. The number of Topliss-reactive ketones (excluding diaryl/α,β-unsaturated/α-hetero) is 1. The normalized spacial score (nSPS) is 15.4. The third-order valence-electron chi connectivity index (χ3n) is 3.17. The molecule has 0 saturated heterocycles. The number of fused-ring (bicyclic) bond motifs is 1. The van der Waals surface area contributed by atoms with Crippen LogP contribution in [0.3, 0.4) is 0 Å². The number of carbonyl (C=O) groups excluding carboxylic acids is 1. The molecule has 118 valence electrons. The average Bonchev–Trinajstić information content (AvgIpc) is 2.81. The van der Waals surface area contributed by atoms with Crippen molar-refractivity contribution in [2.45, 2.75) is 12.6 Å². The Kier molecular flexibility index (Phi) is 5.07. The molecule has 0 aliphatic carbocycles. The highest BCUT2D eigenvalue weighted by Gasteiger charge is 2.41. The van der Waals surface area contributed by atoms with Crippen LogP contribution in [0.15, 0.2) is 23.6 Å². The Morgan fingerprint density at radius 2 is 2.14 bits per heavy atom. The summed E-state index contributed by atoms with van der Waals surface area (Å²) in [5.74, 6) is -2.77. The fourth-order valence-corrected chi connectivity index (χ4v) is 5.44. The van der Waals surface area contributed by atoms with Crippen molar-refractivity contribution >= 4 is 52.1 Å². The van der Waals surface area contributed by atoms with Crippen LogP contribution in [0.2, 0.25) is 5.02 Å². The Bertz CT molecular complexity index is 785. The van der Waals surface area contributed by atoms with Crippen LogP contribution in [-0.4, -0.2) is 30.1 Å². The second-order valence-electron chi connectivity index (χ2n) is 4.73. The van der Waals surface area contributed by atoms with Gasteiger partial charge in [-0.15, -0.1) is 11.3 Å². The fourth-order valence-electron chi connectivity index (χ4n) is 2.29. The van der Waals surface area contributed by atoms with Crippen molar-refractivity contribution < 1.29 is 23.8 Å². The second-order valence-corrected chi connectivity index (χ2v) is 8.67. The van der Waals surface area contributed by atoms with Crippen LogP contribution < -0.4 is 0 Å². The molecule has 2 aromatic rings. The zero-order valence-electron chi connectivity index (χ0n) is 11.9.